The SMILES string of the molecule is CCCc1ccc(-c2ccc(C)nc2)cc1.CCCc1ccc(O[B]O)cc1.Cc1ccc(Br)cn1.Cc1ccc(Br)cn1.O=C(O)C(F)(F)S(=O)(=O)F.O=c1ccc(Br)c[nH]1. The van der Waals surface area contributed by atoms with Gasteiger partial charge in [0.05, 0.1) is 5.75 Å². The minimum Gasteiger partial charge on any atom is -0.537 e. The van der Waals surface area contributed by atoms with Crippen molar-refractivity contribution >= 4 is 71.7 Å². The molecule has 0 fully saturated rings. The maximum absolute atomic E-state index is 11.5. The monoisotopic (exact) mass is 1070 g/mol. The van der Waals surface area contributed by atoms with Gasteiger partial charge in [-0.25, -0.2) is 4.79 Å². The molecule has 3 N–H and O–H groups in total. The first-order valence-corrected chi connectivity index (χ1v) is 22.3. The third-order valence-corrected chi connectivity index (χ3v) is 9.66. The molecule has 0 unspecified atom stereocenters. The van der Waals surface area contributed by atoms with Crippen LogP contribution in [-0.2, 0) is 27.9 Å². The Hall–Kier alpha value is -4.69. The highest BCUT2D eigenvalue weighted by Gasteiger charge is 2.54. The topological polar surface area (TPSA) is 172 Å². The summed E-state index contributed by atoms with van der Waals surface area (Å²) in [5, 5.41) is 10.4. The number of pyridine rings is 4. The smallest absolute Gasteiger partial charge is 0.537 e. The zero-order valence-corrected chi connectivity index (χ0v) is 40.0. The first kappa shape index (κ1) is 55.3. The summed E-state index contributed by atoms with van der Waals surface area (Å²) in [5.41, 5.74) is 8.22. The Morgan fingerprint density at radius 2 is 1.11 bits per heavy atom. The number of alkyl halides is 2. The van der Waals surface area contributed by atoms with Crippen LogP contribution in [0, 0.1) is 20.8 Å². The van der Waals surface area contributed by atoms with E-state index in [0.717, 1.165) is 49.8 Å². The van der Waals surface area contributed by atoms with Crippen molar-refractivity contribution in [3.8, 4) is 16.9 Å². The molecule has 0 spiro atoms. The lowest BCUT2D eigenvalue weighted by atomic mass is 10.0. The fraction of sp³-hybridized carbons (Fsp3) is 0.233. The van der Waals surface area contributed by atoms with Crippen LogP contribution in [0.3, 0.4) is 0 Å². The van der Waals surface area contributed by atoms with E-state index in [4.69, 9.17) is 14.8 Å². The van der Waals surface area contributed by atoms with Gasteiger partial charge in [-0.05, 0) is 147 Å². The van der Waals surface area contributed by atoms with E-state index in [1.54, 1.807) is 24.7 Å². The lowest BCUT2D eigenvalue weighted by Crippen LogP contribution is -2.34. The van der Waals surface area contributed by atoms with Gasteiger partial charge in [-0.2, -0.15) is 17.2 Å². The van der Waals surface area contributed by atoms with Crippen LogP contribution < -0.4 is 10.2 Å². The van der Waals surface area contributed by atoms with Crippen LogP contribution in [0.25, 0.3) is 11.1 Å². The van der Waals surface area contributed by atoms with Gasteiger partial charge in [-0.15, -0.1) is 0 Å². The van der Waals surface area contributed by atoms with Crippen LogP contribution in [0.1, 0.15) is 54.9 Å². The van der Waals surface area contributed by atoms with Gasteiger partial charge in [-0.1, -0.05) is 73.0 Å². The molecule has 0 saturated carbocycles. The number of aryl methyl sites for hydroxylation is 5. The first-order chi connectivity index (χ1) is 29.2. The zero-order valence-electron chi connectivity index (χ0n) is 34.4. The van der Waals surface area contributed by atoms with Crippen LogP contribution >= 0.6 is 47.8 Å². The van der Waals surface area contributed by atoms with Crippen LogP contribution in [0.15, 0.2) is 140 Å². The van der Waals surface area contributed by atoms with Gasteiger partial charge >= 0.3 is 29.1 Å². The summed E-state index contributed by atoms with van der Waals surface area (Å²) in [6.07, 6.45) is 11.7. The molecule has 2 aromatic carbocycles. The van der Waals surface area contributed by atoms with E-state index >= 15 is 0 Å². The Morgan fingerprint density at radius 3 is 1.40 bits per heavy atom. The normalized spacial score (nSPS) is 10.2. The highest BCUT2D eigenvalue weighted by molar-refractivity contribution is 9.11. The highest BCUT2D eigenvalue weighted by atomic mass is 79.9. The van der Waals surface area contributed by atoms with E-state index in [9.17, 15) is 30.7 Å². The number of hydrogen-bond donors (Lipinski definition) is 3. The van der Waals surface area contributed by atoms with Crippen molar-refractivity contribution < 1.29 is 40.7 Å². The van der Waals surface area contributed by atoms with Gasteiger partial charge in [0, 0.05) is 66.9 Å². The minimum atomic E-state index is -6.33. The molecule has 0 aliphatic carbocycles. The van der Waals surface area contributed by atoms with Crippen molar-refractivity contribution in [1.29, 1.82) is 0 Å². The summed E-state index contributed by atoms with van der Waals surface area (Å²) in [7, 11) is -5.65. The van der Waals surface area contributed by atoms with E-state index in [0.29, 0.717) is 13.4 Å². The van der Waals surface area contributed by atoms with Crippen molar-refractivity contribution in [2.24, 2.45) is 0 Å². The Kier molecular flexibility index (Phi) is 26.4. The molecule has 62 heavy (non-hydrogen) atoms. The molecule has 331 valence electrons. The van der Waals surface area contributed by atoms with Gasteiger partial charge in [0.25, 0.3) is 0 Å². The summed E-state index contributed by atoms with van der Waals surface area (Å²) in [5.74, 6) is -2.37. The maximum atomic E-state index is 11.5. The van der Waals surface area contributed by atoms with E-state index in [2.05, 4.69) is 118 Å². The molecule has 4 heterocycles. The molecule has 11 nitrogen and oxygen atoms in total. The molecule has 0 aliphatic rings. The number of hydrogen-bond acceptors (Lipinski definition) is 9. The zero-order chi connectivity index (χ0) is 46.7. The van der Waals surface area contributed by atoms with Crippen LogP contribution in [0.2, 0.25) is 0 Å². The summed E-state index contributed by atoms with van der Waals surface area (Å²) in [4.78, 5) is 34.5. The third-order valence-electron chi connectivity index (χ3n) is 7.44. The maximum Gasteiger partial charge on any atom is 0.569 e. The Bertz CT molecular complexity index is 2220. The predicted octanol–water partition coefficient (Wildman–Crippen LogP) is 11.0. The second-order valence-corrected chi connectivity index (χ2v) is 16.8. The van der Waals surface area contributed by atoms with Crippen molar-refractivity contribution in [2.75, 3.05) is 0 Å². The molecule has 0 aliphatic heterocycles. The quantitative estimate of drug-likeness (QED) is 0.0934. The molecule has 6 aromatic rings. The number of nitrogens with one attached hydrogen (secondary N) is 1. The number of aliphatic carboxylic acids is 1. The Morgan fingerprint density at radius 1 is 0.694 bits per heavy atom. The lowest BCUT2D eigenvalue weighted by Gasteiger charge is -2.03. The first-order valence-electron chi connectivity index (χ1n) is 18.5. The number of rotatable bonds is 9. The lowest BCUT2D eigenvalue weighted by molar-refractivity contribution is -0.154. The number of benzene rings is 2. The molecule has 19 heteroatoms. The largest absolute Gasteiger partial charge is 0.569 e. The number of aromatic nitrogens is 4. The number of aromatic amines is 1. The summed E-state index contributed by atoms with van der Waals surface area (Å²) >= 11 is 9.74. The van der Waals surface area contributed by atoms with Crippen LogP contribution in [0.4, 0.5) is 12.7 Å². The van der Waals surface area contributed by atoms with Crippen molar-refractivity contribution in [1.82, 2.24) is 19.9 Å². The fourth-order valence-corrected chi connectivity index (χ4v) is 5.20. The number of nitrogens with zero attached hydrogens (tertiary/aromatic N) is 3. The average molecular weight is 1070 g/mol. The van der Waals surface area contributed by atoms with Gasteiger partial charge in [0.15, 0.2) is 0 Å². The van der Waals surface area contributed by atoms with Crippen LogP contribution in [-0.4, -0.2) is 57.4 Å². The van der Waals surface area contributed by atoms with Gasteiger partial charge in [-0.3, -0.25) is 19.7 Å². The van der Waals surface area contributed by atoms with Gasteiger partial charge < -0.3 is 19.8 Å². The second-order valence-electron chi connectivity index (χ2n) is 12.6. The molecule has 1 radical (unpaired) electrons. The summed E-state index contributed by atoms with van der Waals surface area (Å²) < 4.78 is 60.6. The second kappa shape index (κ2) is 29.6. The average Bonchev–Trinajstić information content (AvgIpc) is 3.24. The summed E-state index contributed by atoms with van der Waals surface area (Å²) in [6, 6.07) is 31.7. The number of carboxylic acids is 1. The van der Waals surface area contributed by atoms with Crippen molar-refractivity contribution in [2.45, 2.75) is 65.6 Å². The molecule has 0 atom stereocenters. The minimum absolute atomic E-state index is 0.0757. The summed E-state index contributed by atoms with van der Waals surface area (Å²) in [6.45, 7) is 10.3. The van der Waals surface area contributed by atoms with Gasteiger partial charge in [0.1, 0.15) is 0 Å². The molecular formula is C43H46BBr3F3N4O7S. The molecule has 0 amide bonds. The number of halogens is 6. The van der Waals surface area contributed by atoms with Crippen LogP contribution in [0.5, 0.6) is 5.75 Å². The third kappa shape index (κ3) is 23.5. The number of H-pyrrole nitrogens is 1. The van der Waals surface area contributed by atoms with E-state index < -0.39 is 21.4 Å². The molecule has 0 saturated heterocycles. The number of carboxylic acid groups (broad SMARTS) is 1. The fourth-order valence-electron chi connectivity index (χ4n) is 4.27. The predicted molar refractivity (Wildman–Crippen MR) is 248 cm³/mol. The molecule has 0 bridgehead atoms. The van der Waals surface area contributed by atoms with Gasteiger partial charge in [0.2, 0.25) is 5.56 Å². The molecule has 4 aromatic heterocycles. The van der Waals surface area contributed by atoms with E-state index in [1.165, 1.54) is 34.7 Å². The van der Waals surface area contributed by atoms with Crippen molar-refractivity contribution in [3.05, 3.63) is 174 Å². The van der Waals surface area contributed by atoms with E-state index in [1.807, 2.05) is 75.5 Å². The Balaban J connectivity index is 0.000000380. The highest BCUT2D eigenvalue weighted by Crippen LogP contribution is 2.23. The van der Waals surface area contributed by atoms with Crippen molar-refractivity contribution in [3.63, 3.8) is 0 Å². The standard InChI is InChI=1S/C15H17N.C9H12BO2.2C6H6BrN.C5H4BrNO.C2HF3O4S/c1-3-4-13-6-9-14(10-7-13)15-8-5-12(2)16-11-15;1-2-3-8-4-6-9(7-5-8)12-10-11;2*1-5-2-3-6(7)4-8-5;6-4-1-2-5(8)7-3-4;3-2(4,1(6)7)10(5,8)9/h5-11H,3-4H2,1-2H3;4-7,11H,2-3H2,1H3;2*2-4H,1H3;1-3H,(H,7,8);(H,6,7). The molecular weight excluding hydrogens is 1020 g/mol. The van der Waals surface area contributed by atoms with E-state index in [-0.39, 0.29) is 5.56 Å². The number of carbonyl (C=O) groups is 1. The molecule has 6 rings (SSSR count). The Labute approximate surface area is 386 Å².